The second kappa shape index (κ2) is 7.40. The van der Waals surface area contributed by atoms with Crippen LogP contribution in [0.1, 0.15) is 19.0 Å². The third kappa shape index (κ3) is 4.44. The van der Waals surface area contributed by atoms with Gasteiger partial charge in [0.05, 0.1) is 0 Å². The number of aryl methyl sites for hydroxylation is 1. The van der Waals surface area contributed by atoms with Gasteiger partial charge >= 0.3 is 0 Å². The van der Waals surface area contributed by atoms with Gasteiger partial charge < -0.3 is 10.2 Å². The summed E-state index contributed by atoms with van der Waals surface area (Å²) in [6.07, 6.45) is 3.84. The molecule has 106 valence electrons. The minimum Gasteiger partial charge on any atom is -0.358 e. The van der Waals surface area contributed by atoms with E-state index in [0.717, 1.165) is 63.6 Å². The molecular formula is C14H25N5. The van der Waals surface area contributed by atoms with Gasteiger partial charge in [-0.25, -0.2) is 9.97 Å². The fraction of sp³-hybridized carbons (Fsp3) is 0.714. The molecule has 0 bridgehead atoms. The van der Waals surface area contributed by atoms with Crippen LogP contribution in [0, 0.1) is 0 Å². The van der Waals surface area contributed by atoms with Gasteiger partial charge in [-0.15, -0.1) is 0 Å². The fourth-order valence-corrected chi connectivity index (χ4v) is 2.33. The van der Waals surface area contributed by atoms with Crippen molar-refractivity contribution in [2.24, 2.45) is 0 Å². The summed E-state index contributed by atoms with van der Waals surface area (Å²) in [5.41, 5.74) is 1.14. The van der Waals surface area contributed by atoms with E-state index >= 15 is 0 Å². The monoisotopic (exact) mass is 263 g/mol. The first-order valence-electron chi connectivity index (χ1n) is 7.24. The van der Waals surface area contributed by atoms with Crippen molar-refractivity contribution in [3.05, 3.63) is 18.1 Å². The lowest BCUT2D eigenvalue weighted by atomic mass is 10.2. The number of anilines is 1. The molecular weight excluding hydrogens is 238 g/mol. The molecule has 1 aliphatic rings. The summed E-state index contributed by atoms with van der Waals surface area (Å²) < 4.78 is 0. The zero-order chi connectivity index (χ0) is 13.5. The summed E-state index contributed by atoms with van der Waals surface area (Å²) in [7, 11) is 2.11. The molecule has 0 amide bonds. The Kier molecular flexibility index (Phi) is 5.54. The number of likely N-dealkylation sites (N-methyl/N-ethyl adjacent to an activating group) is 1. The SMILES string of the molecule is CCCc1cc(N(C)CCN2CCNCC2)ncn1. The van der Waals surface area contributed by atoms with Crippen molar-refractivity contribution in [3.63, 3.8) is 0 Å². The van der Waals surface area contributed by atoms with Crippen molar-refractivity contribution >= 4 is 5.82 Å². The van der Waals surface area contributed by atoms with Crippen LogP contribution < -0.4 is 10.2 Å². The minimum atomic E-state index is 1.02. The van der Waals surface area contributed by atoms with Crippen LogP contribution in [-0.2, 0) is 6.42 Å². The second-order valence-corrected chi connectivity index (χ2v) is 5.13. The van der Waals surface area contributed by atoms with E-state index in [1.807, 2.05) is 0 Å². The average molecular weight is 263 g/mol. The second-order valence-electron chi connectivity index (χ2n) is 5.13. The maximum absolute atomic E-state index is 4.37. The Hall–Kier alpha value is -1.20. The standard InChI is InChI=1S/C14H25N5/c1-3-4-13-11-14(17-12-16-13)18(2)9-10-19-7-5-15-6-8-19/h11-12,15H,3-10H2,1-2H3. The quantitative estimate of drug-likeness (QED) is 0.821. The highest BCUT2D eigenvalue weighted by Crippen LogP contribution is 2.10. The normalized spacial score (nSPS) is 16.5. The number of nitrogens with one attached hydrogen (secondary N) is 1. The molecule has 5 nitrogen and oxygen atoms in total. The Bertz CT molecular complexity index is 376. The number of nitrogens with zero attached hydrogens (tertiary/aromatic N) is 4. The Morgan fingerprint density at radius 2 is 2.11 bits per heavy atom. The maximum Gasteiger partial charge on any atom is 0.131 e. The van der Waals surface area contributed by atoms with Crippen molar-refractivity contribution < 1.29 is 0 Å². The molecule has 0 aromatic carbocycles. The molecule has 2 heterocycles. The minimum absolute atomic E-state index is 1.02. The van der Waals surface area contributed by atoms with Crippen molar-refractivity contribution in [3.8, 4) is 0 Å². The molecule has 19 heavy (non-hydrogen) atoms. The molecule has 1 aliphatic heterocycles. The van der Waals surface area contributed by atoms with Gasteiger partial charge in [0, 0.05) is 58.1 Å². The Morgan fingerprint density at radius 3 is 2.84 bits per heavy atom. The zero-order valence-electron chi connectivity index (χ0n) is 12.1. The number of hydrogen-bond acceptors (Lipinski definition) is 5. The highest BCUT2D eigenvalue weighted by molar-refractivity contribution is 5.37. The topological polar surface area (TPSA) is 44.3 Å². The van der Waals surface area contributed by atoms with Crippen LogP contribution in [0.5, 0.6) is 0 Å². The van der Waals surface area contributed by atoms with E-state index in [-0.39, 0.29) is 0 Å². The summed E-state index contributed by atoms with van der Waals surface area (Å²) in [6, 6.07) is 2.11. The van der Waals surface area contributed by atoms with E-state index in [0.29, 0.717) is 0 Å². The lowest BCUT2D eigenvalue weighted by molar-refractivity contribution is 0.246. The maximum atomic E-state index is 4.37. The Labute approximate surface area is 116 Å². The van der Waals surface area contributed by atoms with Crippen molar-refractivity contribution in [2.45, 2.75) is 19.8 Å². The molecule has 1 fully saturated rings. The van der Waals surface area contributed by atoms with Crippen LogP contribution in [0.25, 0.3) is 0 Å². The van der Waals surface area contributed by atoms with Crippen LogP contribution in [0.3, 0.4) is 0 Å². The van der Waals surface area contributed by atoms with Crippen LogP contribution in [0.2, 0.25) is 0 Å². The zero-order valence-corrected chi connectivity index (χ0v) is 12.1. The fourth-order valence-electron chi connectivity index (χ4n) is 2.33. The molecule has 1 aromatic rings. The molecule has 0 aliphatic carbocycles. The van der Waals surface area contributed by atoms with Gasteiger partial charge in [0.2, 0.25) is 0 Å². The third-order valence-electron chi connectivity index (χ3n) is 3.57. The van der Waals surface area contributed by atoms with E-state index in [4.69, 9.17) is 0 Å². The summed E-state index contributed by atoms with van der Waals surface area (Å²) in [4.78, 5) is 13.4. The first-order chi connectivity index (χ1) is 9.29. The van der Waals surface area contributed by atoms with Gasteiger partial charge in [0.25, 0.3) is 0 Å². The number of piperazine rings is 1. The first-order valence-corrected chi connectivity index (χ1v) is 7.24. The molecule has 0 radical (unpaired) electrons. The van der Waals surface area contributed by atoms with E-state index in [2.05, 4.69) is 45.1 Å². The molecule has 0 unspecified atom stereocenters. The summed E-state index contributed by atoms with van der Waals surface area (Å²) in [6.45, 7) is 8.82. The summed E-state index contributed by atoms with van der Waals surface area (Å²) in [5.74, 6) is 1.04. The van der Waals surface area contributed by atoms with Gasteiger partial charge in [-0.1, -0.05) is 13.3 Å². The van der Waals surface area contributed by atoms with E-state index in [1.54, 1.807) is 6.33 Å². The van der Waals surface area contributed by atoms with Gasteiger partial charge in [-0.2, -0.15) is 0 Å². The first kappa shape index (κ1) is 14.2. The van der Waals surface area contributed by atoms with Crippen LogP contribution in [0.4, 0.5) is 5.82 Å². The molecule has 0 saturated carbocycles. The van der Waals surface area contributed by atoms with E-state index in [9.17, 15) is 0 Å². The number of aromatic nitrogens is 2. The molecule has 0 atom stereocenters. The number of rotatable bonds is 6. The average Bonchev–Trinajstić information content (AvgIpc) is 2.46. The lowest BCUT2D eigenvalue weighted by Gasteiger charge is -2.29. The van der Waals surface area contributed by atoms with E-state index in [1.165, 1.54) is 0 Å². The van der Waals surface area contributed by atoms with Gasteiger partial charge in [-0.05, 0) is 6.42 Å². The predicted molar refractivity (Wildman–Crippen MR) is 78.6 cm³/mol. The van der Waals surface area contributed by atoms with Crippen molar-refractivity contribution in [1.29, 1.82) is 0 Å². The van der Waals surface area contributed by atoms with Crippen molar-refractivity contribution in [2.75, 3.05) is 51.2 Å². The Balaban J connectivity index is 1.84. The smallest absolute Gasteiger partial charge is 0.131 e. The highest BCUT2D eigenvalue weighted by atomic mass is 15.2. The van der Waals surface area contributed by atoms with Crippen LogP contribution >= 0.6 is 0 Å². The molecule has 1 saturated heterocycles. The van der Waals surface area contributed by atoms with Gasteiger partial charge in [0.15, 0.2) is 0 Å². The van der Waals surface area contributed by atoms with Crippen LogP contribution in [-0.4, -0.2) is 61.2 Å². The van der Waals surface area contributed by atoms with Crippen molar-refractivity contribution in [1.82, 2.24) is 20.2 Å². The molecule has 5 heteroatoms. The lowest BCUT2D eigenvalue weighted by Crippen LogP contribution is -2.46. The molecule has 1 N–H and O–H groups in total. The number of hydrogen-bond donors (Lipinski definition) is 1. The van der Waals surface area contributed by atoms with E-state index < -0.39 is 0 Å². The summed E-state index contributed by atoms with van der Waals surface area (Å²) in [5, 5.41) is 3.38. The predicted octanol–water partition coefficient (Wildman–Crippen LogP) is 0.771. The molecule has 0 spiro atoms. The molecule has 2 rings (SSSR count). The third-order valence-corrected chi connectivity index (χ3v) is 3.57. The van der Waals surface area contributed by atoms with Crippen LogP contribution in [0.15, 0.2) is 12.4 Å². The molecule has 1 aromatic heterocycles. The largest absolute Gasteiger partial charge is 0.358 e. The van der Waals surface area contributed by atoms with Gasteiger partial charge in [-0.3, -0.25) is 4.90 Å². The summed E-state index contributed by atoms with van der Waals surface area (Å²) >= 11 is 0. The Morgan fingerprint density at radius 1 is 1.32 bits per heavy atom. The highest BCUT2D eigenvalue weighted by Gasteiger charge is 2.11. The van der Waals surface area contributed by atoms with Gasteiger partial charge in [0.1, 0.15) is 12.1 Å².